The van der Waals surface area contributed by atoms with Crippen molar-refractivity contribution in [1.82, 2.24) is 0 Å². The Morgan fingerprint density at radius 1 is 0.448 bits per heavy atom. The van der Waals surface area contributed by atoms with Gasteiger partial charge in [0, 0.05) is 10.6 Å². The molecule has 0 fully saturated rings. The monoisotopic (exact) mass is 400 g/mol. The van der Waals surface area contributed by atoms with Gasteiger partial charge in [-0.1, -0.05) is 121 Å². The van der Waals surface area contributed by atoms with E-state index in [2.05, 4.69) is 0 Å². The maximum Gasteiger partial charge on any atom is 0.153 e. The third-order valence-electron chi connectivity index (χ3n) is 5.36. The van der Waals surface area contributed by atoms with Crippen LogP contribution in [0.5, 0.6) is 0 Å². The average molecular weight is 401 g/mol. The number of hydrogen-bond acceptors (Lipinski definition) is 2. The molecule has 0 bridgehead atoms. The molecule has 0 heterocycles. The van der Waals surface area contributed by atoms with Crippen LogP contribution in [0.4, 0.5) is 0 Å². The molecular weight excluding hydrogens is 380 g/mol. The predicted molar refractivity (Wildman–Crippen MR) is 117 cm³/mol. The molecule has 4 aromatic rings. The van der Waals surface area contributed by atoms with Gasteiger partial charge in [-0.3, -0.25) is 0 Å². The maximum absolute atomic E-state index is 12.4. The summed E-state index contributed by atoms with van der Waals surface area (Å²) in [5.74, 6) is 0. The first-order chi connectivity index (χ1) is 14.1. The summed E-state index contributed by atoms with van der Waals surface area (Å²) in [6.45, 7) is 0. The molecule has 1 unspecified atom stereocenters. The van der Waals surface area contributed by atoms with E-state index in [1.165, 1.54) is 0 Å². The van der Waals surface area contributed by atoms with E-state index in [1.807, 2.05) is 84.9 Å². The Morgan fingerprint density at radius 2 is 0.793 bits per heavy atom. The molecule has 2 nitrogen and oxygen atoms in total. The minimum absolute atomic E-state index is 0.379. The Kier molecular flexibility index (Phi) is 5.25. The quantitative estimate of drug-likeness (QED) is 0.463. The molecule has 144 valence electrons. The van der Waals surface area contributed by atoms with E-state index < -0.39 is 11.2 Å². The second kappa shape index (κ2) is 7.84. The van der Waals surface area contributed by atoms with Crippen LogP contribution in [-0.2, 0) is 11.2 Å². The van der Waals surface area contributed by atoms with Gasteiger partial charge in [-0.25, -0.2) is 0 Å². The molecule has 1 atom stereocenters. The fourth-order valence-corrected chi connectivity index (χ4v) is 4.21. The van der Waals surface area contributed by atoms with Gasteiger partial charge in [-0.05, 0) is 22.8 Å². The van der Waals surface area contributed by atoms with Crippen LogP contribution >= 0.6 is 11.6 Å². The van der Waals surface area contributed by atoms with E-state index in [4.69, 9.17) is 11.6 Å². The van der Waals surface area contributed by atoms with Crippen LogP contribution in [0.1, 0.15) is 22.3 Å². The van der Waals surface area contributed by atoms with Crippen LogP contribution in [0.25, 0.3) is 0 Å². The van der Waals surface area contributed by atoms with Gasteiger partial charge in [-0.15, -0.1) is 0 Å². The SMILES string of the molecule is OC(c1ccccc1)(c1ccccc1)C(O)(c1ccccc1)c1ccccc1Cl. The molecular formula is C26H21ClO2. The summed E-state index contributed by atoms with van der Waals surface area (Å²) in [7, 11) is 0. The topological polar surface area (TPSA) is 40.5 Å². The standard InChI is InChI=1S/C26H21ClO2/c27-24-19-11-10-18-23(24)26(29,22-16-8-3-9-17-22)25(28,20-12-4-1-5-13-20)21-14-6-2-7-15-21/h1-19,28-29H. The lowest BCUT2D eigenvalue weighted by molar-refractivity contribution is -0.113. The van der Waals surface area contributed by atoms with Crippen LogP contribution in [0.3, 0.4) is 0 Å². The van der Waals surface area contributed by atoms with Gasteiger partial charge < -0.3 is 10.2 Å². The smallest absolute Gasteiger partial charge is 0.153 e. The molecule has 0 saturated carbocycles. The molecule has 4 aromatic carbocycles. The van der Waals surface area contributed by atoms with Crippen LogP contribution in [0.15, 0.2) is 115 Å². The van der Waals surface area contributed by atoms with Crippen molar-refractivity contribution in [3.05, 3.63) is 143 Å². The fourth-order valence-electron chi connectivity index (χ4n) is 3.94. The molecule has 0 spiro atoms. The molecule has 4 rings (SSSR count). The predicted octanol–water partition coefficient (Wildman–Crippen LogP) is 5.51. The van der Waals surface area contributed by atoms with Gasteiger partial charge in [-0.2, -0.15) is 0 Å². The van der Waals surface area contributed by atoms with E-state index in [-0.39, 0.29) is 0 Å². The zero-order valence-electron chi connectivity index (χ0n) is 15.7. The third-order valence-corrected chi connectivity index (χ3v) is 5.69. The highest BCUT2D eigenvalue weighted by Crippen LogP contribution is 2.51. The molecule has 3 heteroatoms. The highest BCUT2D eigenvalue weighted by atomic mass is 35.5. The van der Waals surface area contributed by atoms with E-state index >= 15 is 0 Å². The summed E-state index contributed by atoms with van der Waals surface area (Å²) < 4.78 is 0. The van der Waals surface area contributed by atoms with E-state index in [1.54, 1.807) is 30.3 Å². The summed E-state index contributed by atoms with van der Waals surface area (Å²) in [5, 5.41) is 25.2. The van der Waals surface area contributed by atoms with E-state index in [0.717, 1.165) is 0 Å². The minimum Gasteiger partial charge on any atom is -0.377 e. The van der Waals surface area contributed by atoms with Gasteiger partial charge in [0.1, 0.15) is 0 Å². The van der Waals surface area contributed by atoms with Crippen molar-refractivity contribution < 1.29 is 10.2 Å². The molecule has 0 amide bonds. The molecule has 29 heavy (non-hydrogen) atoms. The second-order valence-electron chi connectivity index (χ2n) is 7.00. The Labute approximate surface area is 175 Å². The van der Waals surface area contributed by atoms with Gasteiger partial charge in [0.15, 0.2) is 11.2 Å². The first kappa shape index (κ1) is 19.4. The van der Waals surface area contributed by atoms with E-state index in [0.29, 0.717) is 27.3 Å². The first-order valence-electron chi connectivity index (χ1n) is 9.45. The second-order valence-corrected chi connectivity index (χ2v) is 7.41. The molecule has 0 aliphatic carbocycles. The van der Waals surface area contributed by atoms with E-state index in [9.17, 15) is 10.2 Å². The largest absolute Gasteiger partial charge is 0.377 e. The molecule has 0 saturated heterocycles. The highest BCUT2D eigenvalue weighted by Gasteiger charge is 2.54. The summed E-state index contributed by atoms with van der Waals surface area (Å²) in [6.07, 6.45) is 0. The Hall–Kier alpha value is -2.91. The summed E-state index contributed by atoms with van der Waals surface area (Å²) in [6, 6.07) is 34.7. The van der Waals surface area contributed by atoms with Crippen molar-refractivity contribution in [2.45, 2.75) is 11.2 Å². The lowest BCUT2D eigenvalue weighted by Crippen LogP contribution is -2.51. The van der Waals surface area contributed by atoms with Crippen molar-refractivity contribution in [2.75, 3.05) is 0 Å². The zero-order chi connectivity index (χ0) is 20.3. The molecule has 0 aliphatic rings. The van der Waals surface area contributed by atoms with Gasteiger partial charge >= 0.3 is 0 Å². The molecule has 2 N–H and O–H groups in total. The number of rotatable bonds is 5. The lowest BCUT2D eigenvalue weighted by atomic mass is 9.66. The first-order valence-corrected chi connectivity index (χ1v) is 9.82. The van der Waals surface area contributed by atoms with Gasteiger partial charge in [0.25, 0.3) is 0 Å². The summed E-state index contributed by atoms with van der Waals surface area (Å²) >= 11 is 6.57. The van der Waals surface area contributed by atoms with Crippen LogP contribution < -0.4 is 0 Å². The van der Waals surface area contributed by atoms with Gasteiger partial charge in [0.2, 0.25) is 0 Å². The average Bonchev–Trinajstić information content (AvgIpc) is 2.80. The lowest BCUT2D eigenvalue weighted by Gasteiger charge is -2.45. The normalized spacial score (nSPS) is 13.6. The zero-order valence-corrected chi connectivity index (χ0v) is 16.5. The van der Waals surface area contributed by atoms with Crippen LogP contribution in [-0.4, -0.2) is 10.2 Å². The van der Waals surface area contributed by atoms with Crippen molar-refractivity contribution >= 4 is 11.6 Å². The van der Waals surface area contributed by atoms with Crippen molar-refractivity contribution in [3.8, 4) is 0 Å². The molecule has 0 radical (unpaired) electrons. The van der Waals surface area contributed by atoms with Crippen LogP contribution in [0.2, 0.25) is 5.02 Å². The number of hydrogen-bond donors (Lipinski definition) is 2. The Bertz CT molecular complexity index is 1040. The van der Waals surface area contributed by atoms with Crippen molar-refractivity contribution in [1.29, 1.82) is 0 Å². The minimum atomic E-state index is -1.84. The molecule has 0 aliphatic heterocycles. The third kappa shape index (κ3) is 3.16. The fraction of sp³-hybridized carbons (Fsp3) is 0.0769. The van der Waals surface area contributed by atoms with Crippen LogP contribution in [0, 0.1) is 0 Å². The van der Waals surface area contributed by atoms with Gasteiger partial charge in [0.05, 0.1) is 0 Å². The number of halogens is 1. The summed E-state index contributed by atoms with van der Waals surface area (Å²) in [4.78, 5) is 0. The number of benzene rings is 4. The Balaban J connectivity index is 2.12. The summed E-state index contributed by atoms with van der Waals surface area (Å²) in [5.41, 5.74) is -1.52. The maximum atomic E-state index is 12.4. The van der Waals surface area contributed by atoms with Crippen molar-refractivity contribution in [2.24, 2.45) is 0 Å². The van der Waals surface area contributed by atoms with Crippen molar-refractivity contribution in [3.63, 3.8) is 0 Å². The Morgan fingerprint density at radius 3 is 1.21 bits per heavy atom. The number of aliphatic hydroxyl groups is 2. The highest BCUT2D eigenvalue weighted by molar-refractivity contribution is 6.31. The molecule has 0 aromatic heterocycles.